The zero-order valence-electron chi connectivity index (χ0n) is 9.65. The summed E-state index contributed by atoms with van der Waals surface area (Å²) < 4.78 is 0. The Morgan fingerprint density at radius 2 is 2.06 bits per heavy atom. The van der Waals surface area contributed by atoms with Crippen molar-refractivity contribution in [3.63, 3.8) is 0 Å². The van der Waals surface area contributed by atoms with E-state index >= 15 is 0 Å². The van der Waals surface area contributed by atoms with Crippen molar-refractivity contribution in [3.8, 4) is 0 Å². The fourth-order valence-electron chi connectivity index (χ4n) is 1.56. The summed E-state index contributed by atoms with van der Waals surface area (Å²) in [6.07, 6.45) is 3.19. The summed E-state index contributed by atoms with van der Waals surface area (Å²) in [7, 11) is 1.85. The highest BCUT2D eigenvalue weighted by molar-refractivity contribution is 5.74. The van der Waals surface area contributed by atoms with Crippen molar-refractivity contribution in [1.82, 2.24) is 10.2 Å². The second-order valence-electron chi connectivity index (χ2n) is 4.38. The van der Waals surface area contributed by atoms with Gasteiger partial charge in [-0.05, 0) is 24.8 Å². The lowest BCUT2D eigenvalue weighted by molar-refractivity contribution is 0.209. The second kappa shape index (κ2) is 5.01. The summed E-state index contributed by atoms with van der Waals surface area (Å²) in [6, 6.07) is 10.7. The molecule has 3 heteroatoms. The Hall–Kier alpha value is -1.51. The first-order valence-corrected chi connectivity index (χ1v) is 5.81. The average molecular weight is 218 g/mol. The van der Waals surface area contributed by atoms with E-state index in [1.54, 1.807) is 4.90 Å². The van der Waals surface area contributed by atoms with Gasteiger partial charge < -0.3 is 10.2 Å². The van der Waals surface area contributed by atoms with Crippen molar-refractivity contribution in [3.05, 3.63) is 35.9 Å². The average Bonchev–Trinajstić information content (AvgIpc) is 3.11. The minimum absolute atomic E-state index is 0.0541. The molecule has 0 aliphatic heterocycles. The van der Waals surface area contributed by atoms with Gasteiger partial charge in [-0.15, -0.1) is 0 Å². The Morgan fingerprint density at radius 1 is 1.38 bits per heavy atom. The van der Waals surface area contributed by atoms with Gasteiger partial charge in [0.25, 0.3) is 0 Å². The molecule has 1 aliphatic rings. The van der Waals surface area contributed by atoms with E-state index in [0.29, 0.717) is 6.04 Å². The first-order valence-electron chi connectivity index (χ1n) is 5.81. The van der Waals surface area contributed by atoms with Crippen LogP contribution in [0.1, 0.15) is 18.4 Å². The summed E-state index contributed by atoms with van der Waals surface area (Å²) in [4.78, 5) is 13.4. The van der Waals surface area contributed by atoms with Gasteiger partial charge in [-0.1, -0.05) is 30.3 Å². The van der Waals surface area contributed by atoms with E-state index in [9.17, 15) is 4.79 Å². The van der Waals surface area contributed by atoms with Crippen LogP contribution in [0.25, 0.3) is 0 Å². The van der Waals surface area contributed by atoms with Gasteiger partial charge in [-0.2, -0.15) is 0 Å². The molecular weight excluding hydrogens is 200 g/mol. The highest BCUT2D eigenvalue weighted by atomic mass is 16.2. The number of nitrogens with zero attached hydrogens (tertiary/aromatic N) is 1. The van der Waals surface area contributed by atoms with E-state index in [1.807, 2.05) is 25.2 Å². The number of hydrogen-bond acceptors (Lipinski definition) is 1. The summed E-state index contributed by atoms with van der Waals surface area (Å²) in [5.41, 5.74) is 1.27. The van der Waals surface area contributed by atoms with Crippen molar-refractivity contribution in [2.45, 2.75) is 25.3 Å². The third-order valence-electron chi connectivity index (χ3n) is 2.83. The molecule has 0 unspecified atom stereocenters. The molecule has 0 aromatic heterocycles. The van der Waals surface area contributed by atoms with Crippen molar-refractivity contribution in [1.29, 1.82) is 0 Å². The van der Waals surface area contributed by atoms with Crippen LogP contribution < -0.4 is 5.32 Å². The van der Waals surface area contributed by atoms with Crippen LogP contribution in [0, 0.1) is 0 Å². The van der Waals surface area contributed by atoms with Crippen molar-refractivity contribution < 1.29 is 4.79 Å². The van der Waals surface area contributed by atoms with Gasteiger partial charge in [0.1, 0.15) is 0 Å². The lowest BCUT2D eigenvalue weighted by Gasteiger charge is -2.17. The van der Waals surface area contributed by atoms with Gasteiger partial charge in [0.15, 0.2) is 0 Å². The number of rotatable bonds is 4. The van der Waals surface area contributed by atoms with E-state index in [4.69, 9.17) is 0 Å². The molecule has 1 aliphatic carbocycles. The van der Waals surface area contributed by atoms with Gasteiger partial charge in [-0.25, -0.2) is 4.79 Å². The smallest absolute Gasteiger partial charge is 0.317 e. The van der Waals surface area contributed by atoms with Crippen LogP contribution >= 0.6 is 0 Å². The molecule has 1 fully saturated rings. The fraction of sp³-hybridized carbons (Fsp3) is 0.462. The SMILES string of the molecule is CN(CCc1ccccc1)C(=O)NC1CC1. The normalized spacial score (nSPS) is 14.6. The Labute approximate surface area is 96.5 Å². The van der Waals surface area contributed by atoms with Crippen LogP contribution in [-0.4, -0.2) is 30.6 Å². The predicted octanol–water partition coefficient (Wildman–Crippen LogP) is 2.03. The summed E-state index contributed by atoms with van der Waals surface area (Å²) in [5, 5.41) is 2.98. The summed E-state index contributed by atoms with van der Waals surface area (Å²) >= 11 is 0. The Balaban J connectivity index is 1.74. The number of urea groups is 1. The van der Waals surface area contributed by atoms with Crippen LogP contribution in [0.4, 0.5) is 4.79 Å². The van der Waals surface area contributed by atoms with Crippen LogP contribution in [0.5, 0.6) is 0 Å². The highest BCUT2D eigenvalue weighted by Gasteiger charge is 2.24. The van der Waals surface area contributed by atoms with Crippen molar-refractivity contribution >= 4 is 6.03 Å². The minimum atomic E-state index is 0.0541. The maximum atomic E-state index is 11.6. The molecule has 2 amide bonds. The zero-order valence-corrected chi connectivity index (χ0v) is 9.65. The van der Waals surface area contributed by atoms with Crippen LogP contribution in [0.3, 0.4) is 0 Å². The van der Waals surface area contributed by atoms with Crippen LogP contribution in [0.2, 0.25) is 0 Å². The number of hydrogen-bond donors (Lipinski definition) is 1. The van der Waals surface area contributed by atoms with Gasteiger partial charge in [0.05, 0.1) is 0 Å². The molecule has 86 valence electrons. The maximum absolute atomic E-state index is 11.6. The van der Waals surface area contributed by atoms with Crippen LogP contribution in [-0.2, 0) is 6.42 Å². The first kappa shape index (κ1) is 11.0. The van der Waals surface area contributed by atoms with Gasteiger partial charge in [-0.3, -0.25) is 0 Å². The van der Waals surface area contributed by atoms with E-state index in [2.05, 4.69) is 17.4 Å². The lowest BCUT2D eigenvalue weighted by atomic mass is 10.1. The summed E-state index contributed by atoms with van der Waals surface area (Å²) in [5.74, 6) is 0. The molecule has 0 spiro atoms. The lowest BCUT2D eigenvalue weighted by Crippen LogP contribution is -2.39. The van der Waals surface area contributed by atoms with Crippen LogP contribution in [0.15, 0.2) is 30.3 Å². The standard InChI is InChI=1S/C13H18N2O/c1-15(13(16)14-12-7-8-12)10-9-11-5-3-2-4-6-11/h2-6,12H,7-10H2,1H3,(H,14,16). The maximum Gasteiger partial charge on any atom is 0.317 e. The molecule has 3 nitrogen and oxygen atoms in total. The fourth-order valence-corrected chi connectivity index (χ4v) is 1.56. The number of amides is 2. The number of benzene rings is 1. The number of likely N-dealkylation sites (N-methyl/N-ethyl adjacent to an activating group) is 1. The molecule has 1 aromatic rings. The topological polar surface area (TPSA) is 32.3 Å². The second-order valence-corrected chi connectivity index (χ2v) is 4.38. The largest absolute Gasteiger partial charge is 0.335 e. The molecule has 1 aromatic carbocycles. The Kier molecular flexibility index (Phi) is 3.44. The van der Waals surface area contributed by atoms with Crippen molar-refractivity contribution in [2.24, 2.45) is 0 Å². The number of carbonyl (C=O) groups is 1. The number of carbonyl (C=O) groups excluding carboxylic acids is 1. The first-order chi connectivity index (χ1) is 7.75. The molecule has 0 radical (unpaired) electrons. The highest BCUT2D eigenvalue weighted by Crippen LogP contribution is 2.18. The van der Waals surface area contributed by atoms with E-state index in [-0.39, 0.29) is 6.03 Å². The minimum Gasteiger partial charge on any atom is -0.335 e. The van der Waals surface area contributed by atoms with Crippen molar-refractivity contribution in [2.75, 3.05) is 13.6 Å². The van der Waals surface area contributed by atoms with Gasteiger partial charge in [0.2, 0.25) is 0 Å². The van der Waals surface area contributed by atoms with E-state index in [0.717, 1.165) is 25.8 Å². The van der Waals surface area contributed by atoms with Gasteiger partial charge >= 0.3 is 6.03 Å². The molecular formula is C13H18N2O. The molecule has 1 saturated carbocycles. The summed E-state index contributed by atoms with van der Waals surface area (Å²) in [6.45, 7) is 0.766. The molecule has 1 N–H and O–H groups in total. The third kappa shape index (κ3) is 3.26. The Bertz CT molecular complexity index is 346. The third-order valence-corrected chi connectivity index (χ3v) is 2.83. The van der Waals surface area contributed by atoms with E-state index in [1.165, 1.54) is 5.56 Å². The van der Waals surface area contributed by atoms with Gasteiger partial charge in [0, 0.05) is 19.6 Å². The Morgan fingerprint density at radius 3 is 2.69 bits per heavy atom. The molecule has 0 bridgehead atoms. The predicted molar refractivity (Wildman–Crippen MR) is 64.3 cm³/mol. The molecule has 0 heterocycles. The zero-order chi connectivity index (χ0) is 11.4. The molecule has 0 saturated heterocycles. The number of nitrogens with one attached hydrogen (secondary N) is 1. The molecule has 0 atom stereocenters. The quantitative estimate of drug-likeness (QED) is 0.824. The molecule has 16 heavy (non-hydrogen) atoms. The molecule has 2 rings (SSSR count). The monoisotopic (exact) mass is 218 g/mol. The van der Waals surface area contributed by atoms with E-state index < -0.39 is 0 Å².